The maximum absolute atomic E-state index is 12.1. The van der Waals surface area contributed by atoms with Crippen LogP contribution < -0.4 is 16.0 Å². The maximum atomic E-state index is 12.1. The van der Waals surface area contributed by atoms with Crippen molar-refractivity contribution in [2.45, 2.75) is 50.2 Å². The van der Waals surface area contributed by atoms with E-state index in [2.05, 4.69) is 35.9 Å². The molecule has 2 aliphatic rings. The van der Waals surface area contributed by atoms with Gasteiger partial charge in [0.1, 0.15) is 16.5 Å². The summed E-state index contributed by atoms with van der Waals surface area (Å²) in [6.45, 7) is 0.939. The molecule has 1 amide bonds. The van der Waals surface area contributed by atoms with Crippen molar-refractivity contribution >= 4 is 34.5 Å². The van der Waals surface area contributed by atoms with Gasteiger partial charge in [-0.3, -0.25) is 9.78 Å². The van der Waals surface area contributed by atoms with Gasteiger partial charge in [-0.15, -0.1) is 0 Å². The molecule has 1 unspecified atom stereocenters. The molecule has 4 heterocycles. The van der Waals surface area contributed by atoms with Gasteiger partial charge in [-0.25, -0.2) is 9.97 Å². The fourth-order valence-electron chi connectivity index (χ4n) is 4.20. The smallest absolute Gasteiger partial charge is 0.237 e. The van der Waals surface area contributed by atoms with Crippen molar-refractivity contribution < 1.29 is 4.79 Å². The van der Waals surface area contributed by atoms with Gasteiger partial charge >= 0.3 is 0 Å². The van der Waals surface area contributed by atoms with Crippen LogP contribution in [0.5, 0.6) is 0 Å². The minimum atomic E-state index is 0.00383. The molecule has 5 rings (SSSR count). The summed E-state index contributed by atoms with van der Waals surface area (Å²) < 4.78 is 0. The number of nitrogens with one attached hydrogen (secondary N) is 4. The Kier molecular flexibility index (Phi) is 5.26. The first-order valence-corrected chi connectivity index (χ1v) is 10.8. The minimum absolute atomic E-state index is 0.00383. The summed E-state index contributed by atoms with van der Waals surface area (Å²) in [5.74, 6) is 0.891. The SMILES string of the molecule is O=C(NC1CCC(Nc2cc(-c3c[nH]c4nccnc34)cc(Cl)n2)CC1)C1CCN1. The van der Waals surface area contributed by atoms with Gasteiger partial charge in [-0.1, -0.05) is 11.6 Å². The lowest BCUT2D eigenvalue weighted by Crippen LogP contribution is -2.55. The van der Waals surface area contributed by atoms with E-state index >= 15 is 0 Å². The molecule has 9 heteroatoms. The first-order chi connectivity index (χ1) is 14.7. The Morgan fingerprint density at radius 1 is 1.07 bits per heavy atom. The molecule has 8 nitrogen and oxygen atoms in total. The molecule has 1 atom stereocenters. The van der Waals surface area contributed by atoms with Crippen LogP contribution in [0.4, 0.5) is 5.82 Å². The first kappa shape index (κ1) is 19.3. The third-order valence-electron chi connectivity index (χ3n) is 5.98. The number of H-pyrrole nitrogens is 1. The number of rotatable bonds is 5. The van der Waals surface area contributed by atoms with E-state index in [1.54, 1.807) is 12.4 Å². The van der Waals surface area contributed by atoms with Crippen LogP contribution in [0, 0.1) is 0 Å². The van der Waals surface area contributed by atoms with Gasteiger partial charge in [0, 0.05) is 36.2 Å². The molecule has 4 N–H and O–H groups in total. The van der Waals surface area contributed by atoms with Crippen LogP contribution in [0.1, 0.15) is 32.1 Å². The van der Waals surface area contributed by atoms with Crippen molar-refractivity contribution in [3.63, 3.8) is 0 Å². The Balaban J connectivity index is 1.24. The zero-order valence-corrected chi connectivity index (χ0v) is 17.2. The minimum Gasteiger partial charge on any atom is -0.367 e. The van der Waals surface area contributed by atoms with E-state index < -0.39 is 0 Å². The Bertz CT molecular complexity index is 1060. The molecule has 0 spiro atoms. The zero-order chi connectivity index (χ0) is 20.5. The molecule has 3 aromatic rings. The number of aromatic nitrogens is 4. The number of hydrogen-bond acceptors (Lipinski definition) is 6. The van der Waals surface area contributed by atoms with Gasteiger partial charge in [-0.05, 0) is 56.3 Å². The molecule has 1 saturated carbocycles. The van der Waals surface area contributed by atoms with Crippen LogP contribution >= 0.6 is 11.6 Å². The van der Waals surface area contributed by atoms with Crippen LogP contribution in [0.25, 0.3) is 22.3 Å². The van der Waals surface area contributed by atoms with E-state index in [9.17, 15) is 4.79 Å². The Hall–Kier alpha value is -2.71. The number of nitrogens with zero attached hydrogens (tertiary/aromatic N) is 3. The summed E-state index contributed by atoms with van der Waals surface area (Å²) in [6, 6.07) is 4.40. The van der Waals surface area contributed by atoms with E-state index in [1.807, 2.05) is 18.3 Å². The van der Waals surface area contributed by atoms with Gasteiger partial charge in [0.05, 0.1) is 6.04 Å². The van der Waals surface area contributed by atoms with Crippen LogP contribution in [-0.4, -0.2) is 50.5 Å². The summed E-state index contributed by atoms with van der Waals surface area (Å²) in [5, 5.41) is 10.3. The highest BCUT2D eigenvalue weighted by Gasteiger charge is 2.28. The lowest BCUT2D eigenvalue weighted by molar-refractivity contribution is -0.125. The van der Waals surface area contributed by atoms with E-state index in [-0.39, 0.29) is 18.0 Å². The number of pyridine rings is 1. The Morgan fingerprint density at radius 2 is 1.83 bits per heavy atom. The standard InChI is InChI=1S/C21H24ClN7O/c22-17-9-12(15-11-26-20-19(15)24-7-8-25-20)10-18(29-17)27-13-1-3-14(4-2-13)28-21(30)16-5-6-23-16/h7-11,13-14,16,23H,1-6H2,(H,25,26)(H,27,29)(H,28,30). The van der Waals surface area contributed by atoms with Crippen molar-refractivity contribution in [3.8, 4) is 11.1 Å². The van der Waals surface area contributed by atoms with Gasteiger partial charge in [-0.2, -0.15) is 0 Å². The molecule has 0 bridgehead atoms. The molecule has 156 valence electrons. The number of carbonyl (C=O) groups excluding carboxylic acids is 1. The lowest BCUT2D eigenvalue weighted by atomic mass is 9.90. The van der Waals surface area contributed by atoms with Crippen LogP contribution in [0.3, 0.4) is 0 Å². The zero-order valence-electron chi connectivity index (χ0n) is 16.5. The maximum Gasteiger partial charge on any atom is 0.237 e. The summed E-state index contributed by atoms with van der Waals surface area (Å²) >= 11 is 6.31. The van der Waals surface area contributed by atoms with Gasteiger partial charge in [0.25, 0.3) is 0 Å². The average Bonchev–Trinajstić information content (AvgIpc) is 3.12. The topological polar surface area (TPSA) is 108 Å². The Labute approximate surface area is 179 Å². The fraction of sp³-hybridized carbons (Fsp3) is 0.429. The normalized spacial score (nSPS) is 23.7. The number of amides is 1. The predicted octanol–water partition coefficient (Wildman–Crippen LogP) is 2.87. The van der Waals surface area contributed by atoms with Crippen LogP contribution in [-0.2, 0) is 4.79 Å². The van der Waals surface area contributed by atoms with Crippen LogP contribution in [0.15, 0.2) is 30.7 Å². The Morgan fingerprint density at radius 3 is 2.60 bits per heavy atom. The summed E-state index contributed by atoms with van der Waals surface area (Å²) in [4.78, 5) is 28.5. The second-order valence-corrected chi connectivity index (χ2v) is 8.40. The van der Waals surface area contributed by atoms with Crippen molar-refractivity contribution in [2.75, 3.05) is 11.9 Å². The molecular formula is C21H24ClN7O. The van der Waals surface area contributed by atoms with Gasteiger partial charge in [0.2, 0.25) is 5.91 Å². The number of carbonyl (C=O) groups is 1. The second kappa shape index (κ2) is 8.20. The molecule has 30 heavy (non-hydrogen) atoms. The monoisotopic (exact) mass is 425 g/mol. The molecule has 3 aromatic heterocycles. The van der Waals surface area contributed by atoms with Gasteiger partial charge in [0.15, 0.2) is 5.65 Å². The highest BCUT2D eigenvalue weighted by molar-refractivity contribution is 6.29. The first-order valence-electron chi connectivity index (χ1n) is 10.4. The number of fused-ring (bicyclic) bond motifs is 1. The molecular weight excluding hydrogens is 402 g/mol. The van der Waals surface area contributed by atoms with E-state index in [0.29, 0.717) is 11.2 Å². The van der Waals surface area contributed by atoms with E-state index in [4.69, 9.17) is 11.6 Å². The predicted molar refractivity (Wildman–Crippen MR) is 116 cm³/mol. The molecule has 2 fully saturated rings. The quantitative estimate of drug-likeness (QED) is 0.468. The summed E-state index contributed by atoms with van der Waals surface area (Å²) in [7, 11) is 0. The van der Waals surface area contributed by atoms with E-state index in [1.165, 1.54) is 0 Å². The number of anilines is 1. The van der Waals surface area contributed by atoms with Crippen molar-refractivity contribution in [2.24, 2.45) is 0 Å². The third kappa shape index (κ3) is 3.97. The molecule has 1 saturated heterocycles. The van der Waals surface area contributed by atoms with Crippen molar-refractivity contribution in [1.29, 1.82) is 0 Å². The van der Waals surface area contributed by atoms with E-state index in [0.717, 1.165) is 66.8 Å². The largest absolute Gasteiger partial charge is 0.367 e. The molecule has 1 aliphatic heterocycles. The molecule has 1 aliphatic carbocycles. The fourth-order valence-corrected chi connectivity index (χ4v) is 4.41. The summed E-state index contributed by atoms with van der Waals surface area (Å²) in [5.41, 5.74) is 3.44. The van der Waals surface area contributed by atoms with Crippen molar-refractivity contribution in [3.05, 3.63) is 35.9 Å². The number of hydrogen-bond donors (Lipinski definition) is 4. The highest BCUT2D eigenvalue weighted by atomic mass is 35.5. The average molecular weight is 426 g/mol. The molecule has 0 aromatic carbocycles. The summed E-state index contributed by atoms with van der Waals surface area (Å²) in [6.07, 6.45) is 10.1. The number of halogens is 1. The lowest BCUT2D eigenvalue weighted by Gasteiger charge is -2.33. The van der Waals surface area contributed by atoms with Crippen molar-refractivity contribution in [1.82, 2.24) is 30.6 Å². The number of aromatic amines is 1. The second-order valence-electron chi connectivity index (χ2n) is 8.02. The highest BCUT2D eigenvalue weighted by Crippen LogP contribution is 2.30. The van der Waals surface area contributed by atoms with Gasteiger partial charge < -0.3 is 20.9 Å². The van der Waals surface area contributed by atoms with Crippen LogP contribution in [0.2, 0.25) is 5.15 Å². The molecule has 0 radical (unpaired) electrons. The third-order valence-corrected chi connectivity index (χ3v) is 6.17.